The molecule has 2 heterocycles. The van der Waals surface area contributed by atoms with Crippen LogP contribution in [0.2, 0.25) is 0 Å². The molecule has 0 bridgehead atoms. The molecule has 3 aliphatic rings. The minimum Gasteiger partial charge on any atom is -0.493 e. The first-order chi connectivity index (χ1) is 17.2. The molecule has 0 aromatic heterocycles. The van der Waals surface area contributed by atoms with Crippen molar-refractivity contribution >= 4 is 12.0 Å². The van der Waals surface area contributed by atoms with Gasteiger partial charge in [0.1, 0.15) is 6.29 Å². The number of hydrogen-bond acceptors (Lipinski definition) is 6. The van der Waals surface area contributed by atoms with Gasteiger partial charge in [-0.2, -0.15) is 0 Å². The van der Waals surface area contributed by atoms with Gasteiger partial charge in [0, 0.05) is 43.5 Å². The first-order valence-electron chi connectivity index (χ1n) is 13.3. The summed E-state index contributed by atoms with van der Waals surface area (Å²) in [4.78, 5) is 17.2. The van der Waals surface area contributed by atoms with E-state index in [1.807, 2.05) is 6.07 Å². The predicted octanol–water partition coefficient (Wildman–Crippen LogP) is 4.07. The van der Waals surface area contributed by atoms with Gasteiger partial charge in [0.25, 0.3) is 0 Å². The Bertz CT molecular complexity index is 957. The molecule has 2 aromatic rings. The lowest BCUT2D eigenvalue weighted by Gasteiger charge is -2.46. The Morgan fingerprint density at radius 2 is 1.86 bits per heavy atom. The number of nitrogens with zero attached hydrogens (tertiary/aromatic N) is 2. The van der Waals surface area contributed by atoms with Crippen molar-refractivity contribution in [2.75, 3.05) is 38.2 Å². The van der Waals surface area contributed by atoms with Gasteiger partial charge in [-0.15, -0.1) is 0 Å². The average Bonchev–Trinajstić information content (AvgIpc) is 3.61. The van der Waals surface area contributed by atoms with Crippen LogP contribution in [0.3, 0.4) is 0 Å². The molecule has 35 heavy (non-hydrogen) atoms. The zero-order valence-corrected chi connectivity index (χ0v) is 20.9. The Balaban J connectivity index is 1.37. The molecule has 1 unspecified atom stereocenters. The molecule has 3 fully saturated rings. The van der Waals surface area contributed by atoms with Crippen molar-refractivity contribution in [3.05, 3.63) is 54.1 Å². The van der Waals surface area contributed by atoms with Gasteiger partial charge in [-0.3, -0.25) is 4.90 Å². The lowest BCUT2D eigenvalue weighted by atomic mass is 9.96. The van der Waals surface area contributed by atoms with Crippen LogP contribution in [0.4, 0.5) is 5.69 Å². The molecule has 2 aromatic carbocycles. The summed E-state index contributed by atoms with van der Waals surface area (Å²) in [5, 5.41) is 3.57. The van der Waals surface area contributed by atoms with Gasteiger partial charge in [-0.05, 0) is 69.2 Å². The SMILES string of the molecule is COc1ccc(N2CCN(C(C=O)[C@@H]3CCCN3)[C@@H](Cc3ccccc3)C2)cc1OC1CCCC1. The highest BCUT2D eigenvalue weighted by Crippen LogP contribution is 2.36. The second-order valence-electron chi connectivity index (χ2n) is 10.2. The van der Waals surface area contributed by atoms with E-state index in [2.05, 4.69) is 57.6 Å². The lowest BCUT2D eigenvalue weighted by molar-refractivity contribution is -0.114. The van der Waals surface area contributed by atoms with Crippen molar-refractivity contribution in [3.63, 3.8) is 0 Å². The van der Waals surface area contributed by atoms with Crippen molar-refractivity contribution < 1.29 is 14.3 Å². The standard InChI is InChI=1S/C29H39N3O3/c1-34-28-14-13-23(19-29(28)35-25-10-5-6-11-25)31-16-17-32(27(21-33)26-12-7-15-30-26)24(20-31)18-22-8-3-2-4-9-22/h2-4,8-9,13-14,19,21,24-27,30H,5-7,10-12,15-18,20H2,1H3/t24-,26-,27?/m0/s1. The maximum Gasteiger partial charge on any atom is 0.163 e. The van der Waals surface area contributed by atoms with E-state index < -0.39 is 0 Å². The fourth-order valence-electron chi connectivity index (χ4n) is 6.11. The van der Waals surface area contributed by atoms with E-state index in [1.54, 1.807) is 7.11 Å². The number of benzene rings is 2. The Labute approximate surface area is 209 Å². The van der Waals surface area contributed by atoms with Crippen LogP contribution >= 0.6 is 0 Å². The Kier molecular flexibility index (Phi) is 7.89. The second kappa shape index (κ2) is 11.4. The molecular formula is C29H39N3O3. The van der Waals surface area contributed by atoms with Crippen LogP contribution in [0, 0.1) is 0 Å². The second-order valence-corrected chi connectivity index (χ2v) is 10.2. The number of methoxy groups -OCH3 is 1. The molecule has 1 aliphatic carbocycles. The number of aldehydes is 1. The smallest absolute Gasteiger partial charge is 0.163 e. The third-order valence-electron chi connectivity index (χ3n) is 7.98. The topological polar surface area (TPSA) is 54.0 Å². The Morgan fingerprint density at radius 1 is 1.03 bits per heavy atom. The van der Waals surface area contributed by atoms with E-state index >= 15 is 0 Å². The van der Waals surface area contributed by atoms with Gasteiger partial charge in [0.15, 0.2) is 11.5 Å². The number of anilines is 1. The molecular weight excluding hydrogens is 438 g/mol. The minimum atomic E-state index is -0.0782. The molecule has 6 nitrogen and oxygen atoms in total. The summed E-state index contributed by atoms with van der Waals surface area (Å²) in [6.07, 6.45) is 9.33. The maximum atomic E-state index is 12.3. The van der Waals surface area contributed by atoms with Gasteiger partial charge in [0.05, 0.1) is 19.3 Å². The molecule has 0 radical (unpaired) electrons. The lowest BCUT2D eigenvalue weighted by Crippen LogP contribution is -2.61. The Hall–Kier alpha value is -2.57. The van der Waals surface area contributed by atoms with Crippen LogP contribution in [0.15, 0.2) is 48.5 Å². The maximum absolute atomic E-state index is 12.3. The number of carbonyl (C=O) groups excluding carboxylic acids is 1. The molecule has 0 spiro atoms. The summed E-state index contributed by atoms with van der Waals surface area (Å²) in [5.74, 6) is 1.65. The largest absolute Gasteiger partial charge is 0.493 e. The third-order valence-corrected chi connectivity index (χ3v) is 7.98. The van der Waals surface area contributed by atoms with Crippen LogP contribution in [0.25, 0.3) is 0 Å². The summed E-state index contributed by atoms with van der Waals surface area (Å²) < 4.78 is 12.0. The molecule has 2 aliphatic heterocycles. The highest BCUT2D eigenvalue weighted by molar-refractivity contribution is 5.60. The van der Waals surface area contributed by atoms with Crippen LogP contribution in [-0.2, 0) is 11.2 Å². The number of hydrogen-bond donors (Lipinski definition) is 1. The Morgan fingerprint density at radius 3 is 2.57 bits per heavy atom. The van der Waals surface area contributed by atoms with Crippen LogP contribution in [-0.4, -0.2) is 68.7 Å². The summed E-state index contributed by atoms with van der Waals surface area (Å²) in [7, 11) is 1.71. The zero-order chi connectivity index (χ0) is 24.0. The van der Waals surface area contributed by atoms with Crippen LogP contribution in [0.5, 0.6) is 11.5 Å². The molecule has 0 amide bonds. The van der Waals surface area contributed by atoms with E-state index in [9.17, 15) is 4.79 Å². The van der Waals surface area contributed by atoms with Crippen molar-refractivity contribution in [1.82, 2.24) is 10.2 Å². The van der Waals surface area contributed by atoms with Gasteiger partial charge in [-0.25, -0.2) is 0 Å². The van der Waals surface area contributed by atoms with Crippen LogP contribution in [0.1, 0.15) is 44.1 Å². The van der Waals surface area contributed by atoms with Crippen molar-refractivity contribution in [3.8, 4) is 11.5 Å². The van der Waals surface area contributed by atoms with E-state index in [1.165, 1.54) is 24.7 Å². The highest BCUT2D eigenvalue weighted by Gasteiger charge is 2.37. The normalized spacial score (nSPS) is 24.4. The molecule has 3 atom stereocenters. The monoisotopic (exact) mass is 477 g/mol. The summed E-state index contributed by atoms with van der Waals surface area (Å²) in [5.41, 5.74) is 2.48. The van der Waals surface area contributed by atoms with Crippen molar-refractivity contribution in [2.24, 2.45) is 0 Å². The van der Waals surface area contributed by atoms with Gasteiger partial charge in [0.2, 0.25) is 0 Å². The number of ether oxygens (including phenoxy) is 2. The number of rotatable bonds is 9. The quantitative estimate of drug-likeness (QED) is 0.550. The molecule has 2 saturated heterocycles. The number of carbonyl (C=O) groups is 1. The van der Waals surface area contributed by atoms with Crippen molar-refractivity contribution in [1.29, 1.82) is 0 Å². The minimum absolute atomic E-state index is 0.0782. The summed E-state index contributed by atoms with van der Waals surface area (Å²) in [6.45, 7) is 3.64. The fraction of sp³-hybridized carbons (Fsp3) is 0.552. The predicted molar refractivity (Wildman–Crippen MR) is 140 cm³/mol. The molecule has 188 valence electrons. The molecule has 1 N–H and O–H groups in total. The van der Waals surface area contributed by atoms with E-state index in [0.29, 0.717) is 0 Å². The van der Waals surface area contributed by atoms with Gasteiger partial charge < -0.3 is 24.5 Å². The van der Waals surface area contributed by atoms with Crippen molar-refractivity contribution in [2.45, 2.75) is 69.2 Å². The molecule has 6 heteroatoms. The zero-order valence-electron chi connectivity index (χ0n) is 20.9. The van der Waals surface area contributed by atoms with Gasteiger partial charge in [-0.1, -0.05) is 30.3 Å². The number of nitrogens with one attached hydrogen (secondary N) is 1. The summed E-state index contributed by atoms with van der Waals surface area (Å²) in [6, 6.07) is 17.4. The third kappa shape index (κ3) is 5.65. The van der Waals surface area contributed by atoms with E-state index in [4.69, 9.17) is 9.47 Å². The van der Waals surface area contributed by atoms with E-state index in [-0.39, 0.29) is 24.2 Å². The van der Waals surface area contributed by atoms with Crippen LogP contribution < -0.4 is 19.7 Å². The molecule has 1 saturated carbocycles. The fourth-order valence-corrected chi connectivity index (χ4v) is 6.11. The van der Waals surface area contributed by atoms with Gasteiger partial charge >= 0.3 is 0 Å². The first kappa shape index (κ1) is 24.1. The summed E-state index contributed by atoms with van der Waals surface area (Å²) >= 11 is 0. The first-order valence-corrected chi connectivity index (χ1v) is 13.3. The average molecular weight is 478 g/mol. The molecule has 5 rings (SSSR count). The highest BCUT2D eigenvalue weighted by atomic mass is 16.5. The van der Waals surface area contributed by atoms with E-state index in [0.717, 1.165) is 75.5 Å². The number of piperazine rings is 1.